The lowest BCUT2D eigenvalue weighted by Crippen LogP contribution is -2.45. The number of benzene rings is 1. The molecule has 3 aliphatic rings. The zero-order valence-corrected chi connectivity index (χ0v) is 23.3. The molecule has 0 radical (unpaired) electrons. The lowest BCUT2D eigenvalue weighted by Gasteiger charge is -2.40. The molecule has 0 spiro atoms. The molecule has 1 aromatic carbocycles. The van der Waals surface area contributed by atoms with Gasteiger partial charge in [0.1, 0.15) is 12.1 Å². The summed E-state index contributed by atoms with van der Waals surface area (Å²) in [6.45, 7) is 7.43. The van der Waals surface area contributed by atoms with Gasteiger partial charge in [0.25, 0.3) is 0 Å². The van der Waals surface area contributed by atoms with Gasteiger partial charge in [-0.2, -0.15) is 5.10 Å². The van der Waals surface area contributed by atoms with Crippen LogP contribution in [0.4, 0.5) is 0 Å². The Labute approximate surface area is 231 Å². The molecular weight excluding hydrogens is 488 g/mol. The second kappa shape index (κ2) is 12.0. The number of aromatic nitrogens is 4. The van der Waals surface area contributed by atoms with Crippen LogP contribution in [0.25, 0.3) is 11.0 Å². The molecule has 3 aromatic rings. The smallest absolute Gasteiger partial charge is 0.225 e. The van der Waals surface area contributed by atoms with Crippen molar-refractivity contribution in [1.29, 1.82) is 0 Å². The molecule has 0 bridgehead atoms. The summed E-state index contributed by atoms with van der Waals surface area (Å²) in [5, 5.41) is 5.70. The number of likely N-dealkylation sites (tertiary alicyclic amines) is 2. The average Bonchev–Trinajstić information content (AvgIpc) is 3.40. The second-order valence-corrected chi connectivity index (χ2v) is 11.6. The largest absolute Gasteiger partial charge is 0.494 e. The van der Waals surface area contributed by atoms with Crippen LogP contribution in [0, 0.1) is 5.92 Å². The summed E-state index contributed by atoms with van der Waals surface area (Å²) < 4.78 is 7.61. The Morgan fingerprint density at radius 3 is 2.54 bits per heavy atom. The van der Waals surface area contributed by atoms with Crippen LogP contribution in [0.1, 0.15) is 81.9 Å². The van der Waals surface area contributed by atoms with Crippen molar-refractivity contribution < 1.29 is 9.53 Å². The lowest BCUT2D eigenvalue weighted by molar-refractivity contribution is -0.138. The molecule has 1 aliphatic carbocycles. The average molecular weight is 531 g/mol. The number of hydrogen-bond donors (Lipinski definition) is 0. The Bertz CT molecular complexity index is 1250. The fourth-order valence-electron chi connectivity index (χ4n) is 7.03. The summed E-state index contributed by atoms with van der Waals surface area (Å²) in [5.74, 6) is 1.81. The summed E-state index contributed by atoms with van der Waals surface area (Å²) in [6.07, 6.45) is 14.0. The highest BCUT2D eigenvalue weighted by Gasteiger charge is 2.34. The van der Waals surface area contributed by atoms with Crippen LogP contribution in [0.3, 0.4) is 0 Å². The first-order valence-corrected chi connectivity index (χ1v) is 15.1. The number of carbonyl (C=O) groups is 1. The van der Waals surface area contributed by atoms with Crippen LogP contribution < -0.4 is 4.74 Å². The highest BCUT2D eigenvalue weighted by atomic mass is 16.5. The predicted molar refractivity (Wildman–Crippen MR) is 152 cm³/mol. The lowest BCUT2D eigenvalue weighted by atomic mass is 9.83. The van der Waals surface area contributed by atoms with Crippen molar-refractivity contribution in [2.24, 2.45) is 5.92 Å². The van der Waals surface area contributed by atoms with Gasteiger partial charge < -0.3 is 14.5 Å². The molecule has 39 heavy (non-hydrogen) atoms. The summed E-state index contributed by atoms with van der Waals surface area (Å²) in [5.41, 5.74) is 3.07. The van der Waals surface area contributed by atoms with E-state index in [4.69, 9.17) is 9.72 Å². The molecule has 8 nitrogen and oxygen atoms in total. The van der Waals surface area contributed by atoms with Gasteiger partial charge >= 0.3 is 0 Å². The van der Waals surface area contributed by atoms with E-state index in [1.54, 1.807) is 6.33 Å². The number of piperidine rings is 2. The minimum atomic E-state index is 0.216. The third-order valence-corrected chi connectivity index (χ3v) is 9.15. The van der Waals surface area contributed by atoms with Crippen molar-refractivity contribution >= 4 is 16.9 Å². The summed E-state index contributed by atoms with van der Waals surface area (Å²) in [4.78, 5) is 27.5. The van der Waals surface area contributed by atoms with E-state index in [9.17, 15) is 4.79 Å². The minimum absolute atomic E-state index is 0.216. The van der Waals surface area contributed by atoms with Crippen molar-refractivity contribution in [2.45, 2.75) is 83.2 Å². The van der Waals surface area contributed by atoms with Crippen LogP contribution >= 0.6 is 0 Å². The van der Waals surface area contributed by atoms with E-state index >= 15 is 0 Å². The zero-order valence-electron chi connectivity index (χ0n) is 23.3. The van der Waals surface area contributed by atoms with Crippen LogP contribution in [-0.2, 0) is 11.3 Å². The van der Waals surface area contributed by atoms with Crippen LogP contribution in [0.15, 0.2) is 36.8 Å². The zero-order chi connectivity index (χ0) is 26.6. The fourth-order valence-corrected chi connectivity index (χ4v) is 7.03. The molecule has 0 atom stereocenters. The number of carbonyl (C=O) groups excluding carboxylic acids is 1. The van der Waals surface area contributed by atoms with Crippen molar-refractivity contribution in [3.05, 3.63) is 48.0 Å². The van der Waals surface area contributed by atoms with E-state index in [1.165, 1.54) is 45.2 Å². The van der Waals surface area contributed by atoms with Crippen molar-refractivity contribution in [1.82, 2.24) is 29.5 Å². The summed E-state index contributed by atoms with van der Waals surface area (Å²) >= 11 is 0. The van der Waals surface area contributed by atoms with E-state index in [0.717, 1.165) is 66.8 Å². The van der Waals surface area contributed by atoms with Crippen molar-refractivity contribution in [3.8, 4) is 5.75 Å². The number of rotatable bonds is 7. The Morgan fingerprint density at radius 1 is 0.974 bits per heavy atom. The standard InChI is InChI=1S/C31H42N6O2/c1-2-39-27-8-6-7-23(19-27)21-37-30-28(20-34-37)29(32-22-33-30)24-13-17-36(18-14-24)31(38)25-9-11-26(12-10-25)35-15-4-3-5-16-35/h6-8,19-20,22,24-26H,2-5,9-18,21H2,1H3/t25-,26-. The Hall–Kier alpha value is -3.00. The molecule has 208 valence electrons. The fraction of sp³-hybridized carbons (Fsp3) is 0.613. The molecule has 2 aromatic heterocycles. The van der Waals surface area contributed by atoms with Gasteiger partial charge in [-0.05, 0) is 89.1 Å². The predicted octanol–water partition coefficient (Wildman–Crippen LogP) is 5.02. The van der Waals surface area contributed by atoms with Gasteiger partial charge in [-0.1, -0.05) is 18.6 Å². The summed E-state index contributed by atoms with van der Waals surface area (Å²) in [7, 11) is 0. The molecule has 0 N–H and O–H groups in total. The van der Waals surface area contributed by atoms with Gasteiger partial charge in [0, 0.05) is 31.0 Å². The number of nitrogens with zero attached hydrogens (tertiary/aromatic N) is 6. The molecule has 8 heteroatoms. The minimum Gasteiger partial charge on any atom is -0.494 e. The van der Waals surface area contributed by atoms with Crippen LogP contribution in [0.5, 0.6) is 5.75 Å². The third-order valence-electron chi connectivity index (χ3n) is 9.15. The quantitative estimate of drug-likeness (QED) is 0.427. The topological polar surface area (TPSA) is 76.4 Å². The molecule has 1 saturated carbocycles. The Kier molecular flexibility index (Phi) is 8.09. The molecule has 4 heterocycles. The molecule has 0 unspecified atom stereocenters. The van der Waals surface area contributed by atoms with E-state index in [1.807, 2.05) is 29.9 Å². The maximum absolute atomic E-state index is 13.4. The maximum Gasteiger partial charge on any atom is 0.225 e. The molecule has 2 aliphatic heterocycles. The van der Waals surface area contributed by atoms with Crippen LogP contribution in [0.2, 0.25) is 0 Å². The van der Waals surface area contributed by atoms with E-state index < -0.39 is 0 Å². The molecule has 6 rings (SSSR count). The van der Waals surface area contributed by atoms with Gasteiger partial charge in [0.2, 0.25) is 5.91 Å². The van der Waals surface area contributed by atoms with E-state index in [-0.39, 0.29) is 5.92 Å². The Morgan fingerprint density at radius 2 is 1.77 bits per heavy atom. The SMILES string of the molecule is CCOc1cccc(Cn2ncc3c(C4CCN(C(=O)[C@H]5CC[C@H](N6CCCCC6)CC5)CC4)ncnc32)c1. The van der Waals surface area contributed by atoms with Gasteiger partial charge in [0.05, 0.1) is 30.4 Å². The number of hydrogen-bond acceptors (Lipinski definition) is 6. The number of amides is 1. The monoisotopic (exact) mass is 530 g/mol. The van der Waals surface area contributed by atoms with Crippen molar-refractivity contribution in [3.63, 3.8) is 0 Å². The Balaban J connectivity index is 1.06. The van der Waals surface area contributed by atoms with Crippen LogP contribution in [-0.4, -0.2) is 74.3 Å². The third kappa shape index (κ3) is 5.81. The molecule has 3 fully saturated rings. The number of ether oxygens (including phenoxy) is 1. The summed E-state index contributed by atoms with van der Waals surface area (Å²) in [6, 6.07) is 8.85. The van der Waals surface area contributed by atoms with E-state index in [2.05, 4.69) is 32.0 Å². The molecule has 2 saturated heterocycles. The van der Waals surface area contributed by atoms with Gasteiger partial charge in [-0.15, -0.1) is 0 Å². The maximum atomic E-state index is 13.4. The second-order valence-electron chi connectivity index (χ2n) is 11.6. The highest BCUT2D eigenvalue weighted by molar-refractivity contribution is 5.79. The molecular formula is C31H42N6O2. The van der Waals surface area contributed by atoms with Crippen molar-refractivity contribution in [2.75, 3.05) is 32.8 Å². The first-order valence-electron chi connectivity index (χ1n) is 15.1. The highest BCUT2D eigenvalue weighted by Crippen LogP contribution is 2.34. The van der Waals surface area contributed by atoms with E-state index in [0.29, 0.717) is 31.0 Å². The van der Waals surface area contributed by atoms with Gasteiger partial charge in [0.15, 0.2) is 5.65 Å². The number of fused-ring (bicyclic) bond motifs is 1. The van der Waals surface area contributed by atoms with Gasteiger partial charge in [-0.25, -0.2) is 14.6 Å². The normalized spacial score (nSPS) is 23.3. The van der Waals surface area contributed by atoms with Gasteiger partial charge in [-0.3, -0.25) is 4.79 Å². The molecule has 1 amide bonds. The first-order chi connectivity index (χ1) is 19.2. The first kappa shape index (κ1) is 26.2.